The topological polar surface area (TPSA) is 33.5 Å². The van der Waals surface area contributed by atoms with Gasteiger partial charge in [0.25, 0.3) is 0 Å². The van der Waals surface area contributed by atoms with Gasteiger partial charge in [-0.05, 0) is 50.4 Å². The minimum atomic E-state index is 0.434. The van der Waals surface area contributed by atoms with Crippen molar-refractivity contribution in [2.45, 2.75) is 45.6 Å². The minimum Gasteiger partial charge on any atom is -0.457 e. The van der Waals surface area contributed by atoms with E-state index in [0.29, 0.717) is 5.76 Å². The molecule has 18 heavy (non-hydrogen) atoms. The van der Waals surface area contributed by atoms with Crippen LogP contribution in [0.3, 0.4) is 0 Å². The number of hydrogen-bond acceptors (Lipinski definition) is 3. The van der Waals surface area contributed by atoms with Crippen LogP contribution in [-0.4, -0.2) is 24.3 Å². The van der Waals surface area contributed by atoms with Crippen molar-refractivity contribution in [3.63, 3.8) is 0 Å². The highest BCUT2D eigenvalue weighted by Gasteiger charge is 2.17. The van der Waals surface area contributed by atoms with E-state index < -0.39 is 0 Å². The zero-order valence-corrected chi connectivity index (χ0v) is 11.2. The lowest BCUT2D eigenvalue weighted by Gasteiger charge is -2.18. The predicted octanol–water partition coefficient (Wildman–Crippen LogP) is 3.49. The molecule has 1 aromatic heterocycles. The largest absolute Gasteiger partial charge is 0.457 e. The first-order valence-electron chi connectivity index (χ1n) is 7.08. The van der Waals surface area contributed by atoms with Crippen molar-refractivity contribution in [1.82, 2.24) is 4.90 Å². The Labute approximate surface area is 109 Å². The van der Waals surface area contributed by atoms with Crippen molar-refractivity contribution >= 4 is 6.29 Å². The maximum absolute atomic E-state index is 10.6. The number of furan rings is 1. The smallest absolute Gasteiger partial charge is 0.185 e. The first-order valence-corrected chi connectivity index (χ1v) is 7.08. The third kappa shape index (κ3) is 3.70. The molecule has 1 aliphatic heterocycles. The van der Waals surface area contributed by atoms with Crippen LogP contribution in [0.4, 0.5) is 0 Å². The number of hydrogen-bond donors (Lipinski definition) is 0. The molecule has 1 saturated heterocycles. The summed E-state index contributed by atoms with van der Waals surface area (Å²) >= 11 is 0. The SMILES string of the molecule is CCCC1CCCN(Cc2ccc(C=O)o2)CC1. The van der Waals surface area contributed by atoms with E-state index in [2.05, 4.69) is 11.8 Å². The van der Waals surface area contributed by atoms with E-state index in [1.165, 1.54) is 32.1 Å². The molecule has 0 aliphatic carbocycles. The van der Waals surface area contributed by atoms with Gasteiger partial charge in [0.1, 0.15) is 5.76 Å². The van der Waals surface area contributed by atoms with E-state index in [1.54, 1.807) is 6.07 Å². The number of rotatable bonds is 5. The van der Waals surface area contributed by atoms with Gasteiger partial charge in [0.05, 0.1) is 6.54 Å². The molecule has 3 nitrogen and oxygen atoms in total. The monoisotopic (exact) mass is 249 g/mol. The maximum atomic E-state index is 10.6. The summed E-state index contributed by atoms with van der Waals surface area (Å²) in [6.07, 6.45) is 7.38. The Morgan fingerprint density at radius 1 is 1.39 bits per heavy atom. The number of likely N-dealkylation sites (tertiary alicyclic amines) is 1. The molecule has 0 bridgehead atoms. The van der Waals surface area contributed by atoms with Gasteiger partial charge >= 0.3 is 0 Å². The molecule has 0 N–H and O–H groups in total. The van der Waals surface area contributed by atoms with Gasteiger partial charge in [-0.15, -0.1) is 0 Å². The van der Waals surface area contributed by atoms with Gasteiger partial charge in [-0.2, -0.15) is 0 Å². The molecule has 100 valence electrons. The molecule has 0 aromatic carbocycles. The number of aldehydes is 1. The van der Waals surface area contributed by atoms with Crippen molar-refractivity contribution in [1.29, 1.82) is 0 Å². The highest BCUT2D eigenvalue weighted by molar-refractivity contribution is 5.70. The molecule has 0 spiro atoms. The Balaban J connectivity index is 1.84. The zero-order chi connectivity index (χ0) is 12.8. The van der Waals surface area contributed by atoms with E-state index in [1.807, 2.05) is 6.07 Å². The van der Waals surface area contributed by atoms with E-state index in [-0.39, 0.29) is 0 Å². The average molecular weight is 249 g/mol. The Morgan fingerprint density at radius 3 is 3.00 bits per heavy atom. The summed E-state index contributed by atoms with van der Waals surface area (Å²) in [5.41, 5.74) is 0. The Hall–Kier alpha value is -1.09. The molecule has 2 rings (SSSR count). The molecule has 1 aliphatic rings. The average Bonchev–Trinajstić information content (AvgIpc) is 2.71. The second kappa shape index (κ2) is 6.74. The van der Waals surface area contributed by atoms with E-state index in [4.69, 9.17) is 4.42 Å². The predicted molar refractivity (Wildman–Crippen MR) is 71.6 cm³/mol. The van der Waals surface area contributed by atoms with Crippen molar-refractivity contribution in [2.75, 3.05) is 13.1 Å². The van der Waals surface area contributed by atoms with Crippen LogP contribution in [0.25, 0.3) is 0 Å². The lowest BCUT2D eigenvalue weighted by atomic mass is 9.96. The summed E-state index contributed by atoms with van der Waals surface area (Å²) in [7, 11) is 0. The molecular weight excluding hydrogens is 226 g/mol. The number of carbonyl (C=O) groups excluding carboxylic acids is 1. The molecule has 1 aromatic rings. The van der Waals surface area contributed by atoms with E-state index in [9.17, 15) is 4.79 Å². The number of nitrogens with zero attached hydrogens (tertiary/aromatic N) is 1. The Bertz CT molecular complexity index is 372. The van der Waals surface area contributed by atoms with Gasteiger partial charge in [-0.25, -0.2) is 0 Å². The third-order valence-corrected chi connectivity index (χ3v) is 3.82. The van der Waals surface area contributed by atoms with Crippen molar-refractivity contribution in [2.24, 2.45) is 5.92 Å². The number of carbonyl (C=O) groups is 1. The lowest BCUT2D eigenvalue weighted by Crippen LogP contribution is -2.24. The molecule has 0 amide bonds. The maximum Gasteiger partial charge on any atom is 0.185 e. The first-order chi connectivity index (χ1) is 8.81. The van der Waals surface area contributed by atoms with Crippen LogP contribution in [-0.2, 0) is 6.54 Å². The van der Waals surface area contributed by atoms with Crippen molar-refractivity contribution in [3.8, 4) is 0 Å². The first kappa shape index (κ1) is 13.3. The summed E-state index contributed by atoms with van der Waals surface area (Å²) in [4.78, 5) is 13.0. The van der Waals surface area contributed by atoms with Gasteiger partial charge < -0.3 is 4.42 Å². The fourth-order valence-electron chi connectivity index (χ4n) is 2.84. The minimum absolute atomic E-state index is 0.434. The highest BCUT2D eigenvalue weighted by Crippen LogP contribution is 2.23. The van der Waals surface area contributed by atoms with E-state index >= 15 is 0 Å². The van der Waals surface area contributed by atoms with Crippen LogP contribution in [0.5, 0.6) is 0 Å². The molecule has 3 heteroatoms. The second-order valence-corrected chi connectivity index (χ2v) is 5.28. The quantitative estimate of drug-likeness (QED) is 0.749. The zero-order valence-electron chi connectivity index (χ0n) is 11.2. The molecule has 2 heterocycles. The molecule has 1 atom stereocenters. The Kier molecular flexibility index (Phi) is 5.00. The van der Waals surface area contributed by atoms with Gasteiger partial charge in [-0.3, -0.25) is 9.69 Å². The van der Waals surface area contributed by atoms with Crippen molar-refractivity contribution in [3.05, 3.63) is 23.7 Å². The lowest BCUT2D eigenvalue weighted by molar-refractivity contribution is 0.109. The van der Waals surface area contributed by atoms with Crippen LogP contribution in [0.2, 0.25) is 0 Å². The molecule has 1 unspecified atom stereocenters. The molecular formula is C15H23NO2. The van der Waals surface area contributed by atoms with Crippen LogP contribution in [0.1, 0.15) is 55.3 Å². The normalized spacial score (nSPS) is 21.7. The van der Waals surface area contributed by atoms with Crippen molar-refractivity contribution < 1.29 is 9.21 Å². The second-order valence-electron chi connectivity index (χ2n) is 5.28. The summed E-state index contributed by atoms with van der Waals surface area (Å²) in [5, 5.41) is 0. The fourth-order valence-corrected chi connectivity index (χ4v) is 2.84. The Morgan fingerprint density at radius 2 is 2.28 bits per heavy atom. The summed E-state index contributed by atoms with van der Waals surface area (Å²) in [6, 6.07) is 3.66. The summed E-state index contributed by atoms with van der Waals surface area (Å²) in [6.45, 7) is 5.41. The fraction of sp³-hybridized carbons (Fsp3) is 0.667. The third-order valence-electron chi connectivity index (χ3n) is 3.82. The van der Waals surface area contributed by atoms with Crippen LogP contribution < -0.4 is 0 Å². The van der Waals surface area contributed by atoms with E-state index in [0.717, 1.165) is 37.6 Å². The van der Waals surface area contributed by atoms with Gasteiger partial charge in [0, 0.05) is 0 Å². The van der Waals surface area contributed by atoms with Gasteiger partial charge in [0.2, 0.25) is 0 Å². The van der Waals surface area contributed by atoms with Gasteiger partial charge in [0.15, 0.2) is 12.0 Å². The standard InChI is InChI=1S/C15H23NO2/c1-2-4-13-5-3-9-16(10-8-13)11-14-6-7-15(12-17)18-14/h6-7,12-13H,2-5,8-11H2,1H3. The molecule has 0 saturated carbocycles. The summed E-state index contributed by atoms with van der Waals surface area (Å²) in [5.74, 6) is 2.25. The van der Waals surface area contributed by atoms with Crippen LogP contribution >= 0.6 is 0 Å². The van der Waals surface area contributed by atoms with Crippen LogP contribution in [0, 0.1) is 5.92 Å². The summed E-state index contributed by atoms with van der Waals surface area (Å²) < 4.78 is 5.44. The van der Waals surface area contributed by atoms with Gasteiger partial charge in [-0.1, -0.05) is 19.8 Å². The van der Waals surface area contributed by atoms with Crippen LogP contribution in [0.15, 0.2) is 16.5 Å². The highest BCUT2D eigenvalue weighted by atomic mass is 16.3. The molecule has 0 radical (unpaired) electrons. The molecule has 1 fully saturated rings.